The molecule has 2 aromatic rings. The molecule has 0 unspecified atom stereocenters. The summed E-state index contributed by atoms with van der Waals surface area (Å²) in [6, 6.07) is 5.19. The Labute approximate surface area is 131 Å². The first kappa shape index (κ1) is 14.6. The minimum absolute atomic E-state index is 0.176. The normalized spacial score (nSPS) is 14.8. The predicted octanol–water partition coefficient (Wildman–Crippen LogP) is 2.58. The van der Waals surface area contributed by atoms with E-state index in [2.05, 4.69) is 20.8 Å². The van der Waals surface area contributed by atoms with Crippen molar-refractivity contribution in [3.63, 3.8) is 0 Å². The van der Waals surface area contributed by atoms with E-state index in [1.165, 1.54) is 11.3 Å². The van der Waals surface area contributed by atoms with Gasteiger partial charge in [-0.05, 0) is 24.6 Å². The van der Waals surface area contributed by atoms with E-state index in [0.717, 1.165) is 17.7 Å². The molecule has 0 saturated carbocycles. The van der Waals surface area contributed by atoms with Crippen molar-refractivity contribution in [1.82, 2.24) is 15.5 Å². The Hall–Kier alpha value is -2.35. The molecule has 0 spiro atoms. The molecule has 3 rings (SSSR count). The highest BCUT2D eigenvalue weighted by Gasteiger charge is 2.15. The number of aromatic nitrogens is 2. The molecular weight excluding hydrogens is 304 g/mol. The molecule has 2 heterocycles. The average molecular weight is 320 g/mol. The van der Waals surface area contributed by atoms with Crippen LogP contribution in [0.4, 0.5) is 9.93 Å². The van der Waals surface area contributed by atoms with Crippen LogP contribution in [0.1, 0.15) is 24.9 Å². The van der Waals surface area contributed by atoms with Crippen LogP contribution in [0, 0.1) is 0 Å². The fraction of sp³-hybridized carbons (Fsp3) is 0.357. The number of carbonyl (C=O) groups is 1. The number of hydrogen-bond donors (Lipinski definition) is 2. The van der Waals surface area contributed by atoms with Gasteiger partial charge in [0.2, 0.25) is 5.13 Å². The molecule has 0 bridgehead atoms. The zero-order valence-electron chi connectivity index (χ0n) is 12.0. The second-order valence-corrected chi connectivity index (χ2v) is 5.65. The Kier molecular flexibility index (Phi) is 4.38. The molecule has 1 atom stereocenters. The largest absolute Gasteiger partial charge is 0.490 e. The van der Waals surface area contributed by atoms with Crippen molar-refractivity contribution in [2.75, 3.05) is 18.5 Å². The van der Waals surface area contributed by atoms with Crippen molar-refractivity contribution in [2.45, 2.75) is 19.4 Å². The van der Waals surface area contributed by atoms with Gasteiger partial charge in [-0.2, -0.15) is 0 Å². The Morgan fingerprint density at radius 1 is 1.32 bits per heavy atom. The van der Waals surface area contributed by atoms with Crippen LogP contribution in [0.3, 0.4) is 0 Å². The molecule has 7 nitrogen and oxygen atoms in total. The topological polar surface area (TPSA) is 85.4 Å². The van der Waals surface area contributed by atoms with Crippen LogP contribution in [-0.2, 0) is 0 Å². The van der Waals surface area contributed by atoms with Crippen LogP contribution in [-0.4, -0.2) is 29.4 Å². The highest BCUT2D eigenvalue weighted by atomic mass is 32.1. The van der Waals surface area contributed by atoms with Gasteiger partial charge in [-0.15, -0.1) is 10.2 Å². The van der Waals surface area contributed by atoms with Crippen molar-refractivity contribution in [3.05, 3.63) is 29.3 Å². The van der Waals surface area contributed by atoms with Crippen LogP contribution >= 0.6 is 11.3 Å². The van der Waals surface area contributed by atoms with E-state index in [4.69, 9.17) is 9.47 Å². The first-order valence-electron chi connectivity index (χ1n) is 6.95. The molecule has 0 radical (unpaired) electrons. The van der Waals surface area contributed by atoms with Gasteiger partial charge in [0, 0.05) is 6.42 Å². The van der Waals surface area contributed by atoms with Gasteiger partial charge < -0.3 is 14.8 Å². The first-order valence-corrected chi connectivity index (χ1v) is 7.83. The number of nitrogens with one attached hydrogen (secondary N) is 2. The van der Waals surface area contributed by atoms with E-state index >= 15 is 0 Å². The Morgan fingerprint density at radius 3 is 2.91 bits per heavy atom. The molecule has 1 aliphatic rings. The van der Waals surface area contributed by atoms with E-state index in [1.807, 2.05) is 25.1 Å². The number of carbonyl (C=O) groups excluding carboxylic acids is 1. The van der Waals surface area contributed by atoms with Crippen molar-refractivity contribution in [3.8, 4) is 11.5 Å². The molecule has 0 saturated heterocycles. The summed E-state index contributed by atoms with van der Waals surface area (Å²) >= 11 is 1.26. The number of rotatable bonds is 3. The minimum atomic E-state index is -0.323. The van der Waals surface area contributed by atoms with Gasteiger partial charge in [0.1, 0.15) is 5.51 Å². The lowest BCUT2D eigenvalue weighted by Gasteiger charge is -2.16. The molecule has 22 heavy (non-hydrogen) atoms. The second-order valence-electron chi connectivity index (χ2n) is 4.82. The minimum Gasteiger partial charge on any atom is -0.490 e. The van der Waals surface area contributed by atoms with E-state index in [-0.39, 0.29) is 12.1 Å². The second kappa shape index (κ2) is 6.61. The van der Waals surface area contributed by atoms with Gasteiger partial charge >= 0.3 is 6.03 Å². The summed E-state index contributed by atoms with van der Waals surface area (Å²) in [5, 5.41) is 13.4. The number of urea groups is 1. The lowest BCUT2D eigenvalue weighted by atomic mass is 10.1. The van der Waals surface area contributed by atoms with Crippen LogP contribution < -0.4 is 20.1 Å². The fourth-order valence-corrected chi connectivity index (χ4v) is 2.53. The molecular formula is C14H16N4O3S. The van der Waals surface area contributed by atoms with Crippen LogP contribution in [0.15, 0.2) is 23.7 Å². The van der Waals surface area contributed by atoms with E-state index < -0.39 is 0 Å². The maximum absolute atomic E-state index is 11.9. The standard InChI is InChI=1S/C14H16N4O3S/c1-9(16-13(19)17-14-18-15-8-22-14)10-3-4-11-12(7-10)21-6-2-5-20-11/h3-4,7-9H,2,5-6H2,1H3,(H2,16,17,18,19)/t9-/m0/s1. The van der Waals surface area contributed by atoms with E-state index in [0.29, 0.717) is 24.1 Å². The van der Waals surface area contributed by atoms with Crippen molar-refractivity contribution in [2.24, 2.45) is 0 Å². The number of benzene rings is 1. The summed E-state index contributed by atoms with van der Waals surface area (Å²) in [7, 11) is 0. The zero-order valence-corrected chi connectivity index (χ0v) is 12.9. The summed E-state index contributed by atoms with van der Waals surface area (Å²) < 4.78 is 11.3. The van der Waals surface area contributed by atoms with Crippen molar-refractivity contribution < 1.29 is 14.3 Å². The zero-order chi connectivity index (χ0) is 15.4. The van der Waals surface area contributed by atoms with Crippen molar-refractivity contribution in [1.29, 1.82) is 0 Å². The summed E-state index contributed by atoms with van der Waals surface area (Å²) in [4.78, 5) is 11.9. The first-order chi connectivity index (χ1) is 10.7. The fourth-order valence-electron chi connectivity index (χ4n) is 2.09. The van der Waals surface area contributed by atoms with E-state index in [9.17, 15) is 4.79 Å². The average Bonchev–Trinajstić information content (AvgIpc) is 2.89. The van der Waals surface area contributed by atoms with Crippen LogP contribution in [0.5, 0.6) is 11.5 Å². The third-order valence-electron chi connectivity index (χ3n) is 3.20. The molecule has 0 fully saturated rings. The lowest BCUT2D eigenvalue weighted by Crippen LogP contribution is -2.31. The maximum Gasteiger partial charge on any atom is 0.321 e. The molecule has 1 aliphatic heterocycles. The van der Waals surface area contributed by atoms with Gasteiger partial charge in [0.25, 0.3) is 0 Å². The van der Waals surface area contributed by atoms with Gasteiger partial charge in [0.15, 0.2) is 11.5 Å². The molecule has 1 aromatic carbocycles. The maximum atomic E-state index is 11.9. The highest BCUT2D eigenvalue weighted by molar-refractivity contribution is 7.13. The lowest BCUT2D eigenvalue weighted by molar-refractivity contribution is 0.249. The summed E-state index contributed by atoms with van der Waals surface area (Å²) in [5.41, 5.74) is 2.50. The molecule has 1 aromatic heterocycles. The summed E-state index contributed by atoms with van der Waals surface area (Å²) in [6.07, 6.45) is 0.863. The van der Waals surface area contributed by atoms with E-state index in [1.54, 1.807) is 5.51 Å². The SMILES string of the molecule is C[C@H](NC(=O)Nc1nncs1)c1ccc2c(c1)OCCCO2. The monoisotopic (exact) mass is 320 g/mol. The molecule has 0 aliphatic carbocycles. The number of ether oxygens (including phenoxy) is 2. The summed E-state index contributed by atoms with van der Waals surface area (Å²) in [6.45, 7) is 3.19. The Morgan fingerprint density at radius 2 is 2.14 bits per heavy atom. The number of hydrogen-bond acceptors (Lipinski definition) is 6. The van der Waals surface area contributed by atoms with Gasteiger partial charge in [-0.1, -0.05) is 17.4 Å². The molecule has 116 valence electrons. The Balaban J connectivity index is 1.65. The third kappa shape index (κ3) is 3.45. The molecule has 2 amide bonds. The number of anilines is 1. The molecule has 2 N–H and O–H groups in total. The summed E-state index contributed by atoms with van der Waals surface area (Å²) in [5.74, 6) is 1.46. The Bertz CT molecular complexity index is 648. The quantitative estimate of drug-likeness (QED) is 0.908. The third-order valence-corrected chi connectivity index (χ3v) is 3.81. The number of amides is 2. The predicted molar refractivity (Wildman–Crippen MR) is 82.5 cm³/mol. The van der Waals surface area contributed by atoms with Crippen LogP contribution in [0.2, 0.25) is 0 Å². The number of fused-ring (bicyclic) bond motifs is 1. The highest BCUT2D eigenvalue weighted by Crippen LogP contribution is 2.32. The van der Waals surface area contributed by atoms with Gasteiger partial charge in [-0.3, -0.25) is 5.32 Å². The smallest absolute Gasteiger partial charge is 0.321 e. The molecule has 8 heteroatoms. The van der Waals surface area contributed by atoms with Gasteiger partial charge in [-0.25, -0.2) is 4.79 Å². The van der Waals surface area contributed by atoms with Crippen molar-refractivity contribution >= 4 is 22.5 Å². The van der Waals surface area contributed by atoms with Crippen LogP contribution in [0.25, 0.3) is 0 Å². The van der Waals surface area contributed by atoms with Gasteiger partial charge in [0.05, 0.1) is 19.3 Å². The number of nitrogens with zero attached hydrogens (tertiary/aromatic N) is 2.